The fourth-order valence-electron chi connectivity index (χ4n) is 4.14. The van der Waals surface area contributed by atoms with E-state index in [1.807, 2.05) is 56.3 Å². The summed E-state index contributed by atoms with van der Waals surface area (Å²) in [5, 5.41) is 0. The van der Waals surface area contributed by atoms with E-state index in [9.17, 15) is 18.0 Å². The summed E-state index contributed by atoms with van der Waals surface area (Å²) in [6, 6.07) is 20.9. The molecule has 0 bridgehead atoms. The molecule has 1 saturated heterocycles. The van der Waals surface area contributed by atoms with Crippen molar-refractivity contribution in [3.05, 3.63) is 95.6 Å². The zero-order chi connectivity index (χ0) is 23.8. The summed E-state index contributed by atoms with van der Waals surface area (Å²) < 4.78 is 28.9. The third kappa shape index (κ3) is 4.34. The van der Waals surface area contributed by atoms with E-state index in [0.29, 0.717) is 5.69 Å². The molecule has 4 rings (SSSR count). The normalized spacial score (nSPS) is 17.6. The van der Waals surface area contributed by atoms with E-state index in [4.69, 9.17) is 0 Å². The number of rotatable bonds is 6. The third-order valence-corrected chi connectivity index (χ3v) is 7.98. The smallest absolute Gasteiger partial charge is 0.252 e. The van der Waals surface area contributed by atoms with E-state index >= 15 is 0 Å². The summed E-state index contributed by atoms with van der Waals surface area (Å²) >= 11 is 0. The second-order valence-corrected chi connectivity index (χ2v) is 10.2. The van der Waals surface area contributed by atoms with E-state index in [-0.39, 0.29) is 11.3 Å². The van der Waals surface area contributed by atoms with Crippen LogP contribution in [0.1, 0.15) is 36.1 Å². The van der Waals surface area contributed by atoms with Crippen LogP contribution in [0.15, 0.2) is 83.8 Å². The molecule has 2 unspecified atom stereocenters. The van der Waals surface area contributed by atoms with Crippen molar-refractivity contribution in [3.8, 4) is 0 Å². The van der Waals surface area contributed by atoms with Gasteiger partial charge in [-0.1, -0.05) is 65.7 Å². The lowest BCUT2D eigenvalue weighted by atomic mass is 10.1. The average molecular weight is 463 g/mol. The lowest BCUT2D eigenvalue weighted by Gasteiger charge is -2.32. The maximum atomic E-state index is 13.8. The summed E-state index contributed by atoms with van der Waals surface area (Å²) in [7, 11) is -4.08. The summed E-state index contributed by atoms with van der Waals surface area (Å²) in [5.74, 6) is -0.958. The molecule has 170 valence electrons. The van der Waals surface area contributed by atoms with Crippen LogP contribution in [0.25, 0.3) is 0 Å². The Bertz CT molecular complexity index is 1270. The van der Waals surface area contributed by atoms with Gasteiger partial charge in [-0.25, -0.2) is 13.3 Å². The highest BCUT2D eigenvalue weighted by Gasteiger charge is 2.48. The number of benzene rings is 3. The first-order valence-electron chi connectivity index (χ1n) is 10.8. The van der Waals surface area contributed by atoms with Crippen molar-refractivity contribution in [2.45, 2.75) is 44.2 Å². The molecule has 1 aliphatic heterocycles. The molecule has 0 spiro atoms. The van der Waals surface area contributed by atoms with Gasteiger partial charge in [0, 0.05) is 6.04 Å². The van der Waals surface area contributed by atoms with Crippen molar-refractivity contribution in [1.29, 1.82) is 0 Å². The van der Waals surface area contributed by atoms with Gasteiger partial charge in [0.1, 0.15) is 6.04 Å². The first kappa shape index (κ1) is 22.9. The number of hydrogen-bond acceptors (Lipinski definition) is 4. The fraction of sp³-hybridized carbons (Fsp3) is 0.231. The number of imide groups is 1. The maximum absolute atomic E-state index is 13.8. The van der Waals surface area contributed by atoms with Crippen molar-refractivity contribution in [2.75, 3.05) is 4.90 Å². The molecule has 0 N–H and O–H groups in total. The number of carbonyl (C=O) groups excluding carboxylic acids is 2. The van der Waals surface area contributed by atoms with Gasteiger partial charge >= 0.3 is 0 Å². The minimum Gasteiger partial charge on any atom is -0.274 e. The molecule has 0 aromatic heterocycles. The molecule has 1 fully saturated rings. The van der Waals surface area contributed by atoms with Crippen LogP contribution >= 0.6 is 0 Å². The van der Waals surface area contributed by atoms with Gasteiger partial charge in [-0.15, -0.1) is 0 Å². The van der Waals surface area contributed by atoms with Crippen LogP contribution in [0.3, 0.4) is 0 Å². The third-order valence-electron chi connectivity index (χ3n) is 5.98. The molecule has 0 aliphatic carbocycles. The summed E-state index contributed by atoms with van der Waals surface area (Å²) in [6.45, 7) is 5.53. The van der Waals surface area contributed by atoms with Gasteiger partial charge in [0.2, 0.25) is 15.9 Å². The molecule has 33 heavy (non-hydrogen) atoms. The first-order chi connectivity index (χ1) is 15.7. The van der Waals surface area contributed by atoms with E-state index in [0.717, 1.165) is 21.6 Å². The molecule has 1 aliphatic rings. The predicted molar refractivity (Wildman–Crippen MR) is 127 cm³/mol. The zero-order valence-corrected chi connectivity index (χ0v) is 19.6. The monoisotopic (exact) mass is 462 g/mol. The van der Waals surface area contributed by atoms with Gasteiger partial charge in [-0.2, -0.15) is 4.31 Å². The minimum absolute atomic E-state index is 0.0879. The Labute approximate surface area is 194 Å². The van der Waals surface area contributed by atoms with Crippen molar-refractivity contribution in [1.82, 2.24) is 4.31 Å². The van der Waals surface area contributed by atoms with Crippen molar-refractivity contribution in [3.63, 3.8) is 0 Å². The Morgan fingerprint density at radius 3 is 1.97 bits per heavy atom. The fourth-order valence-corrected chi connectivity index (χ4v) is 5.90. The molecule has 1 heterocycles. The van der Waals surface area contributed by atoms with Crippen LogP contribution < -0.4 is 4.90 Å². The summed E-state index contributed by atoms with van der Waals surface area (Å²) in [4.78, 5) is 27.6. The topological polar surface area (TPSA) is 74.8 Å². The van der Waals surface area contributed by atoms with Gasteiger partial charge in [0.25, 0.3) is 5.91 Å². The zero-order valence-electron chi connectivity index (χ0n) is 18.8. The number of sulfonamides is 1. The first-order valence-corrected chi connectivity index (χ1v) is 12.2. The Balaban J connectivity index is 1.79. The number of nitrogens with zero attached hydrogens (tertiary/aromatic N) is 2. The Kier molecular flexibility index (Phi) is 6.19. The van der Waals surface area contributed by atoms with Gasteiger partial charge in [0.15, 0.2) is 0 Å². The summed E-state index contributed by atoms with van der Waals surface area (Å²) in [6.07, 6.45) is -0.213. The number of hydrogen-bond donors (Lipinski definition) is 0. The molecule has 6 nitrogen and oxygen atoms in total. The predicted octanol–water partition coefficient (Wildman–Crippen LogP) is 4.39. The second kappa shape index (κ2) is 8.92. The van der Waals surface area contributed by atoms with Crippen LogP contribution in [0.5, 0.6) is 0 Å². The molecule has 0 radical (unpaired) electrons. The molecule has 3 aromatic rings. The Hall–Kier alpha value is -3.29. The van der Waals surface area contributed by atoms with Crippen LogP contribution in [0.4, 0.5) is 5.69 Å². The van der Waals surface area contributed by atoms with Gasteiger partial charge in [-0.05, 0) is 50.6 Å². The quantitative estimate of drug-likeness (QED) is 0.509. The van der Waals surface area contributed by atoms with Gasteiger partial charge in [-0.3, -0.25) is 9.59 Å². The summed E-state index contributed by atoms with van der Waals surface area (Å²) in [5.41, 5.74) is 3.10. The largest absolute Gasteiger partial charge is 0.274 e. The van der Waals surface area contributed by atoms with E-state index in [1.165, 1.54) is 16.4 Å². The molecule has 3 aromatic carbocycles. The van der Waals surface area contributed by atoms with Gasteiger partial charge < -0.3 is 0 Å². The highest BCUT2D eigenvalue weighted by molar-refractivity contribution is 7.89. The molecular weight excluding hydrogens is 436 g/mol. The van der Waals surface area contributed by atoms with Gasteiger partial charge in [0.05, 0.1) is 17.0 Å². The Morgan fingerprint density at radius 1 is 0.848 bits per heavy atom. The van der Waals surface area contributed by atoms with Crippen LogP contribution in [0.2, 0.25) is 0 Å². The second-order valence-electron chi connectivity index (χ2n) is 8.36. The lowest BCUT2D eigenvalue weighted by molar-refractivity contribution is -0.122. The van der Waals surface area contributed by atoms with E-state index in [1.54, 1.807) is 31.2 Å². The van der Waals surface area contributed by atoms with Crippen molar-refractivity contribution >= 4 is 27.5 Å². The highest BCUT2D eigenvalue weighted by atomic mass is 32.2. The standard InChI is InChI=1S/C26H26N2O4S/c1-18-9-13-22(14-10-18)27-25(29)17-24(26(27)30)28(20(3)21-7-5-4-6-8-21)33(31,32)23-15-11-19(2)12-16-23/h4-16,20,24H,17H2,1-3H3. The number of aryl methyl sites for hydroxylation is 2. The minimum atomic E-state index is -4.08. The number of carbonyl (C=O) groups is 2. The van der Waals surface area contributed by atoms with Crippen molar-refractivity contribution < 1.29 is 18.0 Å². The number of amides is 2. The lowest BCUT2D eigenvalue weighted by Crippen LogP contribution is -2.46. The highest BCUT2D eigenvalue weighted by Crippen LogP contribution is 2.35. The van der Waals surface area contributed by atoms with Crippen molar-refractivity contribution in [2.24, 2.45) is 0 Å². The van der Waals surface area contributed by atoms with Crippen LogP contribution in [-0.2, 0) is 19.6 Å². The SMILES string of the molecule is Cc1ccc(N2C(=O)CC(N(C(C)c3ccccc3)S(=O)(=O)c3ccc(C)cc3)C2=O)cc1. The average Bonchev–Trinajstić information content (AvgIpc) is 3.08. The molecule has 2 amide bonds. The van der Waals surface area contributed by atoms with E-state index < -0.39 is 33.9 Å². The maximum Gasteiger partial charge on any atom is 0.252 e. The molecule has 0 saturated carbocycles. The molecular formula is C26H26N2O4S. The van der Waals surface area contributed by atoms with Crippen LogP contribution in [-0.4, -0.2) is 30.6 Å². The van der Waals surface area contributed by atoms with E-state index in [2.05, 4.69) is 0 Å². The number of anilines is 1. The molecule has 2 atom stereocenters. The Morgan fingerprint density at radius 2 is 1.39 bits per heavy atom. The molecule has 7 heteroatoms. The van der Waals surface area contributed by atoms with Crippen LogP contribution in [0, 0.1) is 13.8 Å².